The lowest BCUT2D eigenvalue weighted by Gasteiger charge is -2.15. The van der Waals surface area contributed by atoms with Gasteiger partial charge in [0.1, 0.15) is 1.41 Å². The second kappa shape index (κ2) is 5.78. The van der Waals surface area contributed by atoms with Crippen molar-refractivity contribution in [2.24, 2.45) is 0 Å². The molecule has 1 nitrogen and oxygen atoms in total. The second-order valence-electron chi connectivity index (χ2n) is 4.86. The highest BCUT2D eigenvalue weighted by atomic mass is 79.9. The van der Waals surface area contributed by atoms with Gasteiger partial charge in [-0.3, -0.25) is 0 Å². The van der Waals surface area contributed by atoms with Crippen molar-refractivity contribution in [1.29, 1.82) is 0 Å². The summed E-state index contributed by atoms with van der Waals surface area (Å²) in [6, 6.07) is 17.0. The zero-order chi connectivity index (χ0) is 14.1. The molecule has 0 spiro atoms. The molecule has 2 aromatic carbocycles. The van der Waals surface area contributed by atoms with Crippen molar-refractivity contribution < 1.29 is 1.41 Å². The van der Waals surface area contributed by atoms with Crippen LogP contribution in [0.4, 0.5) is 0 Å². The molecule has 0 aliphatic carbocycles. The minimum Gasteiger partial charge on any atom is -0.303 e. The summed E-state index contributed by atoms with van der Waals surface area (Å²) in [5, 5.41) is 1.76. The first kappa shape index (κ1) is 12.1. The monoisotopic (exact) mass is 380 g/mol. The molecule has 98 valence electrons. The SMILES string of the molecule is [2H]N1C(c2ccc(Br)cc2)CCC1c1ccc(Br)cc1. The quantitative estimate of drug-likeness (QED) is 0.736. The van der Waals surface area contributed by atoms with Crippen LogP contribution in [0.25, 0.3) is 0 Å². The predicted molar refractivity (Wildman–Crippen MR) is 86.1 cm³/mol. The van der Waals surface area contributed by atoms with Crippen LogP contribution in [0.15, 0.2) is 57.5 Å². The third-order valence-corrected chi connectivity index (χ3v) is 4.64. The van der Waals surface area contributed by atoms with Crippen molar-refractivity contribution in [3.8, 4) is 0 Å². The molecule has 1 saturated heterocycles. The zero-order valence-electron chi connectivity index (χ0n) is 11.4. The van der Waals surface area contributed by atoms with E-state index in [-0.39, 0.29) is 12.1 Å². The van der Waals surface area contributed by atoms with Gasteiger partial charge in [0.25, 0.3) is 0 Å². The molecule has 0 amide bonds. The first-order chi connectivity index (χ1) is 9.65. The fourth-order valence-corrected chi connectivity index (χ4v) is 3.09. The Bertz CT molecular complexity index is 529. The number of hydrogen-bond donors (Lipinski definition) is 1. The average molecular weight is 382 g/mol. The van der Waals surface area contributed by atoms with Crippen LogP contribution in [0.1, 0.15) is 36.1 Å². The third-order valence-electron chi connectivity index (χ3n) is 3.58. The number of nitrogens with one attached hydrogen (secondary N) is 1. The third kappa shape index (κ3) is 3.10. The van der Waals surface area contributed by atoms with Crippen LogP contribution in [-0.4, -0.2) is 0 Å². The van der Waals surface area contributed by atoms with Gasteiger partial charge in [-0.2, -0.15) is 0 Å². The molecule has 2 unspecified atom stereocenters. The molecule has 3 rings (SSSR count). The molecule has 1 heterocycles. The Kier molecular flexibility index (Phi) is 3.69. The summed E-state index contributed by atoms with van der Waals surface area (Å²) in [6.07, 6.45) is 2.07. The smallest absolute Gasteiger partial charge is 0.123 e. The van der Waals surface area contributed by atoms with Gasteiger partial charge in [0, 0.05) is 21.0 Å². The lowest BCUT2D eigenvalue weighted by Crippen LogP contribution is -2.17. The van der Waals surface area contributed by atoms with Gasteiger partial charge in [-0.1, -0.05) is 56.1 Å². The predicted octanol–water partition coefficient (Wildman–Crippen LogP) is 5.38. The van der Waals surface area contributed by atoms with Gasteiger partial charge in [0.15, 0.2) is 0 Å². The molecule has 1 aliphatic heterocycles. The minimum atomic E-state index is 0.191. The summed E-state index contributed by atoms with van der Waals surface area (Å²) in [4.78, 5) is 0. The molecule has 0 radical (unpaired) electrons. The zero-order valence-corrected chi connectivity index (χ0v) is 13.6. The number of rotatable bonds is 2. The molecule has 0 aromatic heterocycles. The van der Waals surface area contributed by atoms with E-state index >= 15 is 0 Å². The number of halogens is 2. The molecular weight excluding hydrogens is 366 g/mol. The van der Waals surface area contributed by atoms with E-state index in [0.29, 0.717) is 0 Å². The van der Waals surface area contributed by atoms with E-state index in [1.165, 1.54) is 11.1 Å². The Morgan fingerprint density at radius 1 is 0.789 bits per heavy atom. The van der Waals surface area contributed by atoms with Crippen LogP contribution in [0.3, 0.4) is 0 Å². The van der Waals surface area contributed by atoms with Gasteiger partial charge in [0.05, 0.1) is 0 Å². The summed E-state index contributed by atoms with van der Waals surface area (Å²) in [7, 11) is 0. The van der Waals surface area contributed by atoms with E-state index in [2.05, 4.69) is 80.4 Å². The van der Waals surface area contributed by atoms with Gasteiger partial charge in [-0.15, -0.1) is 0 Å². The van der Waals surface area contributed by atoms with E-state index < -0.39 is 0 Å². The van der Waals surface area contributed by atoms with Crippen molar-refractivity contribution in [2.75, 3.05) is 0 Å². The van der Waals surface area contributed by atoms with Crippen molar-refractivity contribution in [3.05, 3.63) is 68.6 Å². The van der Waals surface area contributed by atoms with Crippen LogP contribution >= 0.6 is 31.9 Å². The van der Waals surface area contributed by atoms with Gasteiger partial charge >= 0.3 is 0 Å². The normalized spacial score (nSPS) is 24.4. The second-order valence-corrected chi connectivity index (χ2v) is 6.69. The highest BCUT2D eigenvalue weighted by Gasteiger charge is 2.25. The molecule has 2 atom stereocenters. The van der Waals surface area contributed by atoms with Crippen LogP contribution in [-0.2, 0) is 0 Å². The first-order valence-electron chi connectivity index (χ1n) is 6.88. The molecular formula is C16H15Br2N. The van der Waals surface area contributed by atoms with Gasteiger partial charge in [0.2, 0.25) is 0 Å². The molecule has 19 heavy (non-hydrogen) atoms. The highest BCUT2D eigenvalue weighted by molar-refractivity contribution is 9.10. The number of benzene rings is 2. The van der Waals surface area contributed by atoms with E-state index in [0.717, 1.165) is 21.8 Å². The lowest BCUT2D eigenvalue weighted by atomic mass is 10.0. The topological polar surface area (TPSA) is 12.0 Å². The summed E-state index contributed by atoms with van der Waals surface area (Å²) in [5.74, 6) is 0. The summed E-state index contributed by atoms with van der Waals surface area (Å²) in [5.41, 5.74) is 2.45. The molecule has 0 saturated carbocycles. The molecule has 2 aromatic rings. The lowest BCUT2D eigenvalue weighted by molar-refractivity contribution is 0.574. The maximum Gasteiger partial charge on any atom is 0.123 e. The standard InChI is InChI=1S/C16H15Br2N/c17-13-5-1-11(2-6-13)15-9-10-16(19-15)12-3-7-14(18)8-4-12/h1-8,15-16,19H,9-10H2/i/hD. The van der Waals surface area contributed by atoms with E-state index in [9.17, 15) is 0 Å². The Balaban J connectivity index is 1.81. The van der Waals surface area contributed by atoms with Crippen molar-refractivity contribution >= 4 is 31.9 Å². The Morgan fingerprint density at radius 2 is 1.16 bits per heavy atom. The molecule has 1 aliphatic rings. The van der Waals surface area contributed by atoms with Crippen LogP contribution in [0.2, 0.25) is 1.41 Å². The van der Waals surface area contributed by atoms with Gasteiger partial charge in [-0.25, -0.2) is 0 Å². The van der Waals surface area contributed by atoms with Crippen molar-refractivity contribution in [1.82, 2.24) is 5.31 Å². The molecule has 0 bridgehead atoms. The van der Waals surface area contributed by atoms with Crippen LogP contribution in [0, 0.1) is 0 Å². The average Bonchev–Trinajstić information content (AvgIpc) is 2.83. The maximum atomic E-state index is 8.44. The van der Waals surface area contributed by atoms with Crippen molar-refractivity contribution in [3.63, 3.8) is 0 Å². The van der Waals surface area contributed by atoms with Crippen molar-refractivity contribution in [2.45, 2.75) is 24.9 Å². The van der Waals surface area contributed by atoms with Crippen LogP contribution < -0.4 is 5.31 Å². The van der Waals surface area contributed by atoms with E-state index in [1.807, 2.05) is 0 Å². The number of hydrogen-bond acceptors (Lipinski definition) is 1. The van der Waals surface area contributed by atoms with Crippen LogP contribution in [0.5, 0.6) is 0 Å². The fraction of sp³-hybridized carbons (Fsp3) is 0.250. The first-order valence-corrected chi connectivity index (χ1v) is 8.02. The van der Waals surface area contributed by atoms with E-state index in [1.54, 1.807) is 5.31 Å². The Labute approximate surface area is 132 Å². The van der Waals surface area contributed by atoms with E-state index in [4.69, 9.17) is 1.41 Å². The molecule has 1 N–H and O–H groups in total. The minimum absolute atomic E-state index is 0.191. The maximum absolute atomic E-state index is 8.44. The van der Waals surface area contributed by atoms with Gasteiger partial charge in [-0.05, 0) is 48.2 Å². The summed E-state index contributed by atoms with van der Waals surface area (Å²) < 4.78 is 10.6. The Morgan fingerprint density at radius 3 is 1.53 bits per heavy atom. The molecule has 1 fully saturated rings. The highest BCUT2D eigenvalue weighted by Crippen LogP contribution is 2.35. The van der Waals surface area contributed by atoms with Gasteiger partial charge < -0.3 is 5.31 Å². The largest absolute Gasteiger partial charge is 0.303 e. The summed E-state index contributed by atoms with van der Waals surface area (Å²) >= 11 is 6.92. The molecule has 3 heteroatoms. The Hall–Kier alpha value is -0.640. The fourth-order valence-electron chi connectivity index (χ4n) is 2.56. The summed E-state index contributed by atoms with van der Waals surface area (Å²) in [6.45, 7) is 0.